The van der Waals surface area contributed by atoms with Gasteiger partial charge in [0.1, 0.15) is 5.82 Å². The van der Waals surface area contributed by atoms with Crippen LogP contribution in [-0.4, -0.2) is 9.55 Å². The Hall–Kier alpha value is -1.90. The Morgan fingerprint density at radius 2 is 1.94 bits per heavy atom. The van der Waals surface area contributed by atoms with Crippen molar-refractivity contribution in [1.82, 2.24) is 9.55 Å². The molecule has 1 aliphatic heterocycles. The Bertz CT molecular complexity index is 641. The molecule has 0 amide bonds. The van der Waals surface area contributed by atoms with Crippen molar-refractivity contribution < 1.29 is 0 Å². The molecule has 3 heteroatoms. The molecule has 0 spiro atoms. The number of aromatic nitrogens is 2. The van der Waals surface area contributed by atoms with Gasteiger partial charge in [0.25, 0.3) is 5.56 Å². The second kappa shape index (κ2) is 3.80. The Labute approximate surface area is 106 Å². The zero-order valence-electron chi connectivity index (χ0n) is 10.7. The summed E-state index contributed by atoms with van der Waals surface area (Å²) in [6.07, 6.45) is 0.864. The molecule has 92 valence electrons. The minimum Gasteiger partial charge on any atom is -0.296 e. The van der Waals surface area contributed by atoms with E-state index < -0.39 is 0 Å². The van der Waals surface area contributed by atoms with Gasteiger partial charge in [0.2, 0.25) is 0 Å². The molecule has 0 unspecified atom stereocenters. The molecule has 0 N–H and O–H groups in total. The predicted octanol–water partition coefficient (Wildman–Crippen LogP) is 2.49. The van der Waals surface area contributed by atoms with Crippen LogP contribution in [0.2, 0.25) is 0 Å². The third kappa shape index (κ3) is 1.86. The lowest BCUT2D eigenvalue weighted by Gasteiger charge is -2.13. The fraction of sp³-hybridized carbons (Fsp3) is 0.333. The van der Waals surface area contributed by atoms with Gasteiger partial charge >= 0.3 is 0 Å². The topological polar surface area (TPSA) is 34.9 Å². The van der Waals surface area contributed by atoms with Gasteiger partial charge in [0.15, 0.2) is 0 Å². The molecule has 0 saturated heterocycles. The third-order valence-electron chi connectivity index (χ3n) is 3.38. The van der Waals surface area contributed by atoms with Crippen molar-refractivity contribution >= 4 is 0 Å². The summed E-state index contributed by atoms with van der Waals surface area (Å²) in [4.78, 5) is 16.8. The van der Waals surface area contributed by atoms with Gasteiger partial charge in [-0.15, -0.1) is 0 Å². The van der Waals surface area contributed by atoms with Crippen LogP contribution in [0.15, 0.2) is 41.2 Å². The molecule has 0 atom stereocenters. The molecule has 0 aliphatic carbocycles. The standard InChI is InChI=1S/C15H16N2O/c1-15(2)9-13-16-12(8-14(18)17(13)10-15)11-6-4-3-5-7-11/h3-8H,9-10H2,1-2H3. The minimum absolute atomic E-state index is 0.0597. The van der Waals surface area contributed by atoms with E-state index in [1.807, 2.05) is 30.3 Å². The van der Waals surface area contributed by atoms with Gasteiger partial charge < -0.3 is 0 Å². The third-order valence-corrected chi connectivity index (χ3v) is 3.38. The van der Waals surface area contributed by atoms with Crippen LogP contribution in [0, 0.1) is 5.41 Å². The fourth-order valence-corrected chi connectivity index (χ4v) is 2.53. The van der Waals surface area contributed by atoms with Crippen LogP contribution in [0.25, 0.3) is 11.3 Å². The summed E-state index contributed by atoms with van der Waals surface area (Å²) in [5, 5.41) is 0. The normalized spacial score (nSPS) is 16.6. The molecule has 0 radical (unpaired) electrons. The average molecular weight is 240 g/mol. The summed E-state index contributed by atoms with van der Waals surface area (Å²) in [5.74, 6) is 0.909. The zero-order valence-corrected chi connectivity index (χ0v) is 10.7. The van der Waals surface area contributed by atoms with Crippen molar-refractivity contribution in [2.45, 2.75) is 26.8 Å². The van der Waals surface area contributed by atoms with Gasteiger partial charge in [0.05, 0.1) is 5.69 Å². The van der Waals surface area contributed by atoms with Crippen molar-refractivity contribution in [1.29, 1.82) is 0 Å². The van der Waals surface area contributed by atoms with E-state index in [1.54, 1.807) is 10.6 Å². The number of rotatable bonds is 1. The Balaban J connectivity index is 2.13. The first-order valence-corrected chi connectivity index (χ1v) is 6.21. The monoisotopic (exact) mass is 240 g/mol. The maximum atomic E-state index is 12.1. The lowest BCUT2D eigenvalue weighted by molar-refractivity contribution is 0.357. The molecule has 3 rings (SSSR count). The van der Waals surface area contributed by atoms with Gasteiger partial charge in [-0.2, -0.15) is 0 Å². The first-order chi connectivity index (χ1) is 8.55. The van der Waals surface area contributed by atoms with E-state index in [2.05, 4.69) is 18.8 Å². The highest BCUT2D eigenvalue weighted by atomic mass is 16.1. The van der Waals surface area contributed by atoms with Gasteiger partial charge in [-0.3, -0.25) is 9.36 Å². The number of fused-ring (bicyclic) bond motifs is 1. The van der Waals surface area contributed by atoms with Crippen LogP contribution in [-0.2, 0) is 13.0 Å². The van der Waals surface area contributed by atoms with E-state index in [1.165, 1.54) is 0 Å². The van der Waals surface area contributed by atoms with Crippen LogP contribution in [0.1, 0.15) is 19.7 Å². The summed E-state index contributed by atoms with van der Waals surface area (Å²) in [6, 6.07) is 11.5. The number of benzene rings is 1. The number of hydrogen-bond acceptors (Lipinski definition) is 2. The predicted molar refractivity (Wildman–Crippen MR) is 71.4 cm³/mol. The highest BCUT2D eigenvalue weighted by molar-refractivity contribution is 5.58. The molecule has 1 aromatic carbocycles. The molecule has 18 heavy (non-hydrogen) atoms. The van der Waals surface area contributed by atoms with Crippen molar-refractivity contribution in [3.63, 3.8) is 0 Å². The van der Waals surface area contributed by atoms with E-state index >= 15 is 0 Å². The molecule has 2 aromatic rings. The Morgan fingerprint density at radius 1 is 1.22 bits per heavy atom. The highest BCUT2D eigenvalue weighted by Crippen LogP contribution is 2.29. The first kappa shape index (κ1) is 11.2. The van der Waals surface area contributed by atoms with Crippen molar-refractivity contribution in [2.75, 3.05) is 0 Å². The molecule has 0 bridgehead atoms. The van der Waals surface area contributed by atoms with Crippen LogP contribution >= 0.6 is 0 Å². The summed E-state index contributed by atoms with van der Waals surface area (Å²) < 4.78 is 1.80. The van der Waals surface area contributed by atoms with E-state index in [9.17, 15) is 4.79 Å². The first-order valence-electron chi connectivity index (χ1n) is 6.21. The second-order valence-corrected chi connectivity index (χ2v) is 5.69. The van der Waals surface area contributed by atoms with Gasteiger partial charge in [-0.25, -0.2) is 4.98 Å². The molecular formula is C15H16N2O. The quantitative estimate of drug-likeness (QED) is 0.767. The molecule has 0 saturated carbocycles. The molecule has 1 aromatic heterocycles. The molecule has 1 aliphatic rings. The molecular weight excluding hydrogens is 224 g/mol. The van der Waals surface area contributed by atoms with Crippen LogP contribution in [0.3, 0.4) is 0 Å². The summed E-state index contributed by atoms with van der Waals surface area (Å²) >= 11 is 0. The van der Waals surface area contributed by atoms with E-state index in [0.717, 1.165) is 30.0 Å². The average Bonchev–Trinajstić information content (AvgIpc) is 2.65. The molecule has 0 fully saturated rings. The van der Waals surface area contributed by atoms with Crippen LogP contribution in [0.5, 0.6) is 0 Å². The Morgan fingerprint density at radius 3 is 2.67 bits per heavy atom. The Kier molecular flexibility index (Phi) is 2.37. The number of hydrogen-bond donors (Lipinski definition) is 0. The van der Waals surface area contributed by atoms with Gasteiger partial charge in [-0.05, 0) is 5.41 Å². The van der Waals surface area contributed by atoms with Crippen molar-refractivity contribution in [3.05, 3.63) is 52.6 Å². The summed E-state index contributed by atoms with van der Waals surface area (Å²) in [6.45, 7) is 5.11. The lowest BCUT2D eigenvalue weighted by Crippen LogP contribution is -2.22. The second-order valence-electron chi connectivity index (χ2n) is 5.69. The van der Waals surface area contributed by atoms with Crippen molar-refractivity contribution in [3.8, 4) is 11.3 Å². The maximum Gasteiger partial charge on any atom is 0.254 e. The van der Waals surface area contributed by atoms with E-state index in [4.69, 9.17) is 0 Å². The summed E-state index contributed by atoms with van der Waals surface area (Å²) in [5.41, 5.74) is 1.98. The highest BCUT2D eigenvalue weighted by Gasteiger charge is 2.30. The SMILES string of the molecule is CC1(C)Cc2nc(-c3ccccc3)cc(=O)n2C1. The van der Waals surface area contributed by atoms with Crippen LogP contribution in [0.4, 0.5) is 0 Å². The van der Waals surface area contributed by atoms with E-state index in [-0.39, 0.29) is 11.0 Å². The zero-order chi connectivity index (χ0) is 12.8. The van der Waals surface area contributed by atoms with Gasteiger partial charge in [0, 0.05) is 24.6 Å². The largest absolute Gasteiger partial charge is 0.296 e. The molecule has 3 nitrogen and oxygen atoms in total. The summed E-state index contributed by atoms with van der Waals surface area (Å²) in [7, 11) is 0. The molecule has 2 heterocycles. The number of nitrogens with zero attached hydrogens (tertiary/aromatic N) is 2. The maximum absolute atomic E-state index is 12.1. The minimum atomic E-state index is 0.0597. The van der Waals surface area contributed by atoms with Crippen LogP contribution < -0.4 is 5.56 Å². The van der Waals surface area contributed by atoms with Crippen molar-refractivity contribution in [2.24, 2.45) is 5.41 Å². The fourth-order valence-electron chi connectivity index (χ4n) is 2.53. The van der Waals surface area contributed by atoms with E-state index in [0.29, 0.717) is 0 Å². The van der Waals surface area contributed by atoms with Gasteiger partial charge in [-0.1, -0.05) is 44.2 Å². The smallest absolute Gasteiger partial charge is 0.254 e. The lowest BCUT2D eigenvalue weighted by atomic mass is 9.92.